The molecular formula is C37H50F6N2O4S. The van der Waals surface area contributed by atoms with E-state index in [1.54, 1.807) is 4.90 Å². The zero-order valence-electron chi connectivity index (χ0n) is 28.8. The molecule has 2 saturated carbocycles. The van der Waals surface area contributed by atoms with Crippen LogP contribution in [0.4, 0.5) is 31.1 Å². The Kier molecular flexibility index (Phi) is 11.3. The summed E-state index contributed by atoms with van der Waals surface area (Å²) in [7, 11) is -1.56. The second-order valence-electron chi connectivity index (χ2n) is 15.6. The van der Waals surface area contributed by atoms with Crippen molar-refractivity contribution in [3.63, 3.8) is 0 Å². The van der Waals surface area contributed by atoms with Crippen molar-refractivity contribution >= 4 is 22.7 Å². The van der Waals surface area contributed by atoms with E-state index in [2.05, 4.69) is 4.90 Å². The van der Waals surface area contributed by atoms with Crippen LogP contribution in [0.15, 0.2) is 18.2 Å². The van der Waals surface area contributed by atoms with Gasteiger partial charge in [0.1, 0.15) is 5.75 Å². The fourth-order valence-electron chi connectivity index (χ4n) is 9.93. The van der Waals surface area contributed by atoms with Gasteiger partial charge in [0.25, 0.3) is 0 Å². The minimum Gasteiger partial charge on any atom is -0.410 e. The number of likely N-dealkylation sites (tertiary alicyclic amines) is 2. The Morgan fingerprint density at radius 1 is 1.00 bits per heavy atom. The first-order valence-corrected chi connectivity index (χ1v) is 20.0. The van der Waals surface area contributed by atoms with Crippen LogP contribution in [-0.2, 0) is 22.0 Å². The summed E-state index contributed by atoms with van der Waals surface area (Å²) in [6.07, 6.45) is -0.657. The predicted molar refractivity (Wildman–Crippen MR) is 179 cm³/mol. The van der Waals surface area contributed by atoms with Gasteiger partial charge in [-0.05, 0) is 131 Å². The van der Waals surface area contributed by atoms with Crippen molar-refractivity contribution < 1.29 is 44.9 Å². The van der Waals surface area contributed by atoms with Crippen molar-refractivity contribution in [3.8, 4) is 5.75 Å². The molecule has 0 spiro atoms. The van der Waals surface area contributed by atoms with Gasteiger partial charge in [-0.1, -0.05) is 19.4 Å². The number of hydrogen-bond acceptors (Lipinski definition) is 5. The lowest BCUT2D eigenvalue weighted by molar-refractivity contribution is -0.284. The van der Waals surface area contributed by atoms with E-state index in [0.717, 1.165) is 37.1 Å². The van der Waals surface area contributed by atoms with Gasteiger partial charge in [-0.3, -0.25) is 9.00 Å². The maximum absolute atomic E-state index is 15.0. The van der Waals surface area contributed by atoms with Gasteiger partial charge in [-0.2, -0.15) is 22.0 Å². The molecule has 0 aromatic heterocycles. The molecule has 1 amide bonds. The first-order valence-electron chi connectivity index (χ1n) is 18.5. The number of nitrogens with zero attached hydrogens (tertiary/aromatic N) is 2. The summed E-state index contributed by atoms with van der Waals surface area (Å²) in [5.74, 6) is -4.80. The molecule has 2 aliphatic heterocycles. The summed E-state index contributed by atoms with van der Waals surface area (Å²) < 4.78 is 97.7. The van der Waals surface area contributed by atoms with Crippen LogP contribution in [0.5, 0.6) is 5.75 Å². The molecule has 2 unspecified atom stereocenters. The van der Waals surface area contributed by atoms with E-state index in [0.29, 0.717) is 57.0 Å². The molecule has 280 valence electrons. The molecule has 13 heteroatoms. The Morgan fingerprint density at radius 3 is 2.40 bits per heavy atom. The van der Waals surface area contributed by atoms with E-state index in [1.165, 1.54) is 19.3 Å². The molecule has 3 aliphatic carbocycles. The van der Waals surface area contributed by atoms with Crippen LogP contribution in [0.1, 0.15) is 101 Å². The van der Waals surface area contributed by atoms with Gasteiger partial charge in [-0.25, -0.2) is 9.18 Å². The zero-order valence-corrected chi connectivity index (χ0v) is 29.7. The number of Topliss-reactive ketones (excluding diaryl/α,β-unsaturated/α-hetero) is 1. The lowest BCUT2D eigenvalue weighted by Crippen LogP contribution is -2.48. The molecule has 2 saturated heterocycles. The standard InChI is InChI=1S/C37H50F6N2O4S/c1-35-14-10-29-28-9-8-27(49-34(47)45-17-11-26(12-18-45)44-15-3-2-4-16-44)22-25(28)21-24(32(29)30(35)23-31(38)33(35)46)7-5-19-50(48)20-6-13-36(39,40)37(41,42)43/h8-9,22,24,26,29-32H,2-7,10-21,23H2,1H3/t24-,29-,30+,31?,32-,35+,50?/m1/s1. The molecule has 7 atom stereocenters. The molecular weight excluding hydrogens is 682 g/mol. The first-order chi connectivity index (χ1) is 23.7. The Morgan fingerprint density at radius 2 is 1.70 bits per heavy atom. The highest BCUT2D eigenvalue weighted by Crippen LogP contribution is 2.62. The highest BCUT2D eigenvalue weighted by molar-refractivity contribution is 7.84. The summed E-state index contributed by atoms with van der Waals surface area (Å²) in [5, 5.41) is 0. The van der Waals surface area contributed by atoms with E-state index >= 15 is 0 Å². The number of amides is 1. The number of alkyl halides is 6. The number of rotatable bonds is 10. The molecule has 50 heavy (non-hydrogen) atoms. The van der Waals surface area contributed by atoms with Gasteiger partial charge in [-0.15, -0.1) is 0 Å². The van der Waals surface area contributed by atoms with E-state index in [1.807, 2.05) is 25.1 Å². The van der Waals surface area contributed by atoms with Crippen LogP contribution >= 0.6 is 0 Å². The minimum atomic E-state index is -5.63. The number of carbonyl (C=O) groups excluding carboxylic acids is 2. The Labute approximate surface area is 293 Å². The largest absolute Gasteiger partial charge is 0.453 e. The summed E-state index contributed by atoms with van der Waals surface area (Å²) >= 11 is 0. The third kappa shape index (κ3) is 7.78. The van der Waals surface area contributed by atoms with Gasteiger partial charge in [0.05, 0.1) is 0 Å². The average molecular weight is 733 g/mol. The minimum absolute atomic E-state index is 0.0134. The van der Waals surface area contributed by atoms with Crippen LogP contribution in [-0.4, -0.2) is 87.9 Å². The number of halogens is 6. The molecule has 4 fully saturated rings. The van der Waals surface area contributed by atoms with Crippen molar-refractivity contribution in [3.05, 3.63) is 29.3 Å². The highest BCUT2D eigenvalue weighted by Gasteiger charge is 2.60. The number of hydrogen-bond donors (Lipinski definition) is 0. The second kappa shape index (κ2) is 15.1. The van der Waals surface area contributed by atoms with Crippen LogP contribution in [0, 0.1) is 23.2 Å². The topological polar surface area (TPSA) is 66.9 Å². The molecule has 6 rings (SSSR count). The van der Waals surface area contributed by atoms with Crippen molar-refractivity contribution in [2.24, 2.45) is 23.2 Å². The summed E-state index contributed by atoms with van der Waals surface area (Å²) in [5.41, 5.74) is 1.41. The van der Waals surface area contributed by atoms with E-state index < -0.39 is 47.3 Å². The molecule has 6 nitrogen and oxygen atoms in total. The maximum atomic E-state index is 15.0. The van der Waals surface area contributed by atoms with Gasteiger partial charge < -0.3 is 14.5 Å². The van der Waals surface area contributed by atoms with Crippen LogP contribution in [0.3, 0.4) is 0 Å². The normalized spacial score (nSPS) is 31.5. The second-order valence-corrected chi connectivity index (χ2v) is 17.3. The monoisotopic (exact) mass is 732 g/mol. The Hall–Kier alpha value is -2.15. The number of fused-ring (bicyclic) bond motifs is 5. The quantitative estimate of drug-likeness (QED) is 0.227. The predicted octanol–water partition coefficient (Wildman–Crippen LogP) is 8.24. The van der Waals surface area contributed by atoms with Gasteiger partial charge >= 0.3 is 18.2 Å². The molecule has 0 N–H and O–H groups in total. The third-order valence-corrected chi connectivity index (χ3v) is 14.1. The smallest absolute Gasteiger partial charge is 0.410 e. The van der Waals surface area contributed by atoms with Crippen molar-refractivity contribution in [2.45, 2.75) is 121 Å². The molecule has 5 aliphatic rings. The maximum Gasteiger partial charge on any atom is 0.453 e. The van der Waals surface area contributed by atoms with Crippen molar-refractivity contribution in [2.75, 3.05) is 37.7 Å². The molecule has 1 aromatic carbocycles. The third-order valence-electron chi connectivity index (χ3n) is 12.6. The van der Waals surface area contributed by atoms with Gasteiger partial charge in [0.2, 0.25) is 0 Å². The Balaban J connectivity index is 1.10. The highest BCUT2D eigenvalue weighted by atomic mass is 32.2. The summed E-state index contributed by atoms with van der Waals surface area (Å²) in [4.78, 5) is 30.5. The summed E-state index contributed by atoms with van der Waals surface area (Å²) in [6.45, 7) is 5.44. The SMILES string of the molecule is C[C@]12CC[C@@H]3c4ccc(OC(=O)N5CCC(N6CCCCC6)CC5)cc4C[C@@H](CCCS(=O)CCCC(F)(F)C(F)(F)F)[C@H]3[C@@H]1CC(F)C2=O. The zero-order chi connectivity index (χ0) is 35.8. The first kappa shape index (κ1) is 37.6. The number of ketones is 1. The van der Waals surface area contributed by atoms with Crippen LogP contribution in [0.25, 0.3) is 0 Å². The molecule has 1 aromatic rings. The lowest BCUT2D eigenvalue weighted by Gasteiger charge is -2.51. The lowest BCUT2D eigenvalue weighted by atomic mass is 9.52. The fourth-order valence-corrected chi connectivity index (χ4v) is 11.1. The van der Waals surface area contributed by atoms with Crippen molar-refractivity contribution in [1.82, 2.24) is 9.80 Å². The fraction of sp³-hybridized carbons (Fsp3) is 0.784. The average Bonchev–Trinajstić information content (AvgIpc) is 3.31. The van der Waals surface area contributed by atoms with Crippen LogP contribution < -0.4 is 4.74 Å². The molecule has 2 heterocycles. The molecule has 0 bridgehead atoms. The summed E-state index contributed by atoms with van der Waals surface area (Å²) in [6, 6.07) is 6.25. The van der Waals surface area contributed by atoms with Gasteiger partial charge in [0, 0.05) is 53.3 Å². The van der Waals surface area contributed by atoms with E-state index in [9.17, 15) is 40.1 Å². The van der Waals surface area contributed by atoms with Crippen molar-refractivity contribution in [1.29, 1.82) is 0 Å². The number of carbonyl (C=O) groups is 2. The number of ether oxygens (including phenoxy) is 1. The number of piperidine rings is 2. The van der Waals surface area contributed by atoms with E-state index in [4.69, 9.17) is 4.74 Å². The van der Waals surface area contributed by atoms with Crippen LogP contribution in [0.2, 0.25) is 0 Å². The molecule has 0 radical (unpaired) electrons. The van der Waals surface area contributed by atoms with Gasteiger partial charge in [0.15, 0.2) is 12.0 Å². The Bertz CT molecular complexity index is 1410. The van der Waals surface area contributed by atoms with E-state index in [-0.39, 0.29) is 53.5 Å². The number of benzene rings is 1.